The molecular formula is C30H39N11OS2. The van der Waals surface area contributed by atoms with Crippen molar-refractivity contribution >= 4 is 45.8 Å². The number of anilines is 4. The predicted molar refractivity (Wildman–Crippen MR) is 175 cm³/mol. The summed E-state index contributed by atoms with van der Waals surface area (Å²) in [6.45, 7) is 10.0. The lowest BCUT2D eigenvalue weighted by Crippen LogP contribution is -2.57. The van der Waals surface area contributed by atoms with Crippen molar-refractivity contribution in [2.45, 2.75) is 55.3 Å². The van der Waals surface area contributed by atoms with Crippen molar-refractivity contribution in [3.8, 4) is 12.1 Å². The molecule has 0 amide bonds. The maximum absolute atomic E-state index is 9.85. The lowest BCUT2D eigenvalue weighted by atomic mass is 9.88. The number of thiophene rings is 1. The van der Waals surface area contributed by atoms with Crippen LogP contribution in [0, 0.1) is 11.3 Å². The van der Waals surface area contributed by atoms with Gasteiger partial charge in [-0.25, -0.2) is 4.98 Å². The van der Waals surface area contributed by atoms with Gasteiger partial charge in [0, 0.05) is 79.3 Å². The zero-order valence-electron chi connectivity index (χ0n) is 25.4. The number of nitrogens with two attached hydrogens (primary N) is 2. The van der Waals surface area contributed by atoms with E-state index in [-0.39, 0.29) is 10.8 Å². The molecule has 4 aliphatic heterocycles. The highest BCUT2D eigenvalue weighted by Crippen LogP contribution is 2.57. The third kappa shape index (κ3) is 4.99. The molecule has 0 bridgehead atoms. The number of hydrogen-bond donors (Lipinski definition) is 2. The van der Waals surface area contributed by atoms with Crippen LogP contribution in [0.15, 0.2) is 18.3 Å². The Hall–Kier alpha value is -3.38. The first-order valence-electron chi connectivity index (χ1n) is 15.3. The summed E-state index contributed by atoms with van der Waals surface area (Å²) in [5.41, 5.74) is 15.1. The lowest BCUT2D eigenvalue weighted by molar-refractivity contribution is 0.0715. The van der Waals surface area contributed by atoms with Gasteiger partial charge in [-0.15, -0.1) is 23.1 Å². The average molecular weight is 634 g/mol. The van der Waals surface area contributed by atoms with Gasteiger partial charge in [-0.1, -0.05) is 6.07 Å². The third-order valence-corrected chi connectivity index (χ3v) is 12.3. The fraction of sp³-hybridized carbons (Fsp3) is 0.567. The molecule has 3 aromatic rings. The zero-order chi connectivity index (χ0) is 30.6. The van der Waals surface area contributed by atoms with Crippen LogP contribution < -0.4 is 26.0 Å². The molecule has 7 heterocycles. The summed E-state index contributed by atoms with van der Waals surface area (Å²) < 4.78 is 6.24. The van der Waals surface area contributed by atoms with Gasteiger partial charge >= 0.3 is 6.01 Å². The van der Waals surface area contributed by atoms with E-state index in [0.717, 1.165) is 42.9 Å². The molecule has 12 nitrogen and oxygen atoms in total. The topological polar surface area (TPSA) is 150 Å². The van der Waals surface area contributed by atoms with Crippen molar-refractivity contribution < 1.29 is 4.74 Å². The minimum Gasteiger partial charge on any atom is -0.462 e. The van der Waals surface area contributed by atoms with Crippen LogP contribution in [0.3, 0.4) is 0 Å². The number of aromatic nitrogens is 4. The van der Waals surface area contributed by atoms with Gasteiger partial charge in [0.1, 0.15) is 23.5 Å². The monoisotopic (exact) mass is 633 g/mol. The molecular weight excluding hydrogens is 595 g/mol. The lowest BCUT2D eigenvalue weighted by Gasteiger charge is -2.47. The molecule has 0 radical (unpaired) electrons. The summed E-state index contributed by atoms with van der Waals surface area (Å²) >= 11 is 3.43. The van der Waals surface area contributed by atoms with Crippen molar-refractivity contribution in [1.29, 1.82) is 5.26 Å². The summed E-state index contributed by atoms with van der Waals surface area (Å²) in [6, 6.07) is 7.41. The van der Waals surface area contributed by atoms with E-state index in [2.05, 4.69) is 51.5 Å². The van der Waals surface area contributed by atoms with Crippen molar-refractivity contribution in [2.24, 2.45) is 0 Å². The molecule has 3 aromatic heterocycles. The number of likely N-dealkylation sites (N-methyl/N-ethyl adjacent to an activating group) is 1. The van der Waals surface area contributed by atoms with E-state index in [1.165, 1.54) is 11.3 Å². The number of nitriles is 1. The molecule has 0 unspecified atom stereocenters. The maximum atomic E-state index is 9.85. The second kappa shape index (κ2) is 11.5. The van der Waals surface area contributed by atoms with E-state index in [0.29, 0.717) is 72.6 Å². The third-order valence-electron chi connectivity index (χ3n) is 9.65. The quantitative estimate of drug-likeness (QED) is 0.374. The molecule has 0 aromatic carbocycles. The molecule has 3 atom stereocenters. The molecule has 14 heteroatoms. The fourth-order valence-electron chi connectivity index (χ4n) is 7.30. The highest BCUT2D eigenvalue weighted by Gasteiger charge is 2.53. The number of nitrogen functional groups attached to an aromatic ring is 2. The van der Waals surface area contributed by atoms with Gasteiger partial charge in [0.05, 0.1) is 16.4 Å². The van der Waals surface area contributed by atoms with Gasteiger partial charge < -0.3 is 30.9 Å². The van der Waals surface area contributed by atoms with Crippen LogP contribution in [0.2, 0.25) is 0 Å². The Labute approximate surface area is 266 Å². The number of fused-ring (bicyclic) bond motifs is 3. The SMILES string of the molecule is CCN(c1nc(OC[C@@H]2CC[C@@H]3CN(C)CCN32)nc(N2CC3(C2)SCc2sc(N)c(C#N)c23)n1)[C@H](C)c1cccnc1N. The highest BCUT2D eigenvalue weighted by molar-refractivity contribution is 8.00. The Bertz CT molecular complexity index is 1590. The van der Waals surface area contributed by atoms with Gasteiger partial charge in [-0.05, 0) is 39.8 Å². The molecule has 232 valence electrons. The minimum absolute atomic E-state index is 0.111. The number of nitrogens with zero attached hydrogens (tertiary/aromatic N) is 9. The van der Waals surface area contributed by atoms with Gasteiger partial charge in [0.25, 0.3) is 0 Å². The first-order chi connectivity index (χ1) is 21.3. The largest absolute Gasteiger partial charge is 0.462 e. The van der Waals surface area contributed by atoms with Crippen LogP contribution in [0.4, 0.5) is 22.7 Å². The van der Waals surface area contributed by atoms with Crippen molar-refractivity contribution in [1.82, 2.24) is 29.7 Å². The normalized spacial score (nSPS) is 23.2. The van der Waals surface area contributed by atoms with Crippen LogP contribution in [0.1, 0.15) is 54.3 Å². The van der Waals surface area contributed by atoms with Gasteiger partial charge in [-0.3, -0.25) is 4.90 Å². The highest BCUT2D eigenvalue weighted by atomic mass is 32.2. The van der Waals surface area contributed by atoms with Crippen LogP contribution in [-0.4, -0.2) is 94.7 Å². The Kier molecular flexibility index (Phi) is 7.68. The number of piperazine rings is 1. The van der Waals surface area contributed by atoms with E-state index in [4.69, 9.17) is 31.2 Å². The van der Waals surface area contributed by atoms with Crippen molar-refractivity contribution in [2.75, 3.05) is 74.2 Å². The van der Waals surface area contributed by atoms with Gasteiger partial charge in [0.2, 0.25) is 11.9 Å². The molecule has 44 heavy (non-hydrogen) atoms. The first kappa shape index (κ1) is 29.3. The smallest absolute Gasteiger partial charge is 0.323 e. The van der Waals surface area contributed by atoms with Gasteiger partial charge in [0.15, 0.2) is 0 Å². The molecule has 0 saturated carbocycles. The molecule has 0 aliphatic carbocycles. The molecule has 7 rings (SSSR count). The summed E-state index contributed by atoms with van der Waals surface area (Å²) in [5.74, 6) is 2.50. The summed E-state index contributed by atoms with van der Waals surface area (Å²) in [5, 5.41) is 10.5. The molecule has 3 saturated heterocycles. The number of thioether (sulfide) groups is 1. The second-order valence-corrected chi connectivity index (χ2v) is 14.7. The standard InChI is InChI=1S/C30H39N11OS2/c1-4-40(18(2)21-6-5-9-34-25(21)32)28-35-27(39-16-30(17-39)24-22(12-31)26(33)44-23(24)15-43-30)36-29(37-28)42-14-20-8-7-19-13-38(3)10-11-41(19)20/h5-6,9,18-20H,4,7-8,10-11,13-17,33H2,1-3H3,(H2,32,34)/t18-,19-,20+/m1/s1. The summed E-state index contributed by atoms with van der Waals surface area (Å²) in [6.07, 6.45) is 4.00. The predicted octanol–water partition coefficient (Wildman–Crippen LogP) is 3.07. The van der Waals surface area contributed by atoms with Crippen LogP contribution in [0.25, 0.3) is 0 Å². The Balaban J connectivity index is 1.17. The molecule has 4 N–H and O–H groups in total. The number of rotatable bonds is 8. The van der Waals surface area contributed by atoms with Crippen molar-refractivity contribution in [3.05, 3.63) is 39.9 Å². The van der Waals surface area contributed by atoms with E-state index in [1.807, 2.05) is 23.9 Å². The van der Waals surface area contributed by atoms with Gasteiger partial charge in [-0.2, -0.15) is 20.2 Å². The maximum Gasteiger partial charge on any atom is 0.323 e. The van der Waals surface area contributed by atoms with E-state index in [1.54, 1.807) is 17.5 Å². The first-order valence-corrected chi connectivity index (χ1v) is 17.1. The second-order valence-electron chi connectivity index (χ2n) is 12.2. The molecule has 4 aliphatic rings. The van der Waals surface area contributed by atoms with Crippen molar-refractivity contribution in [3.63, 3.8) is 0 Å². The fourth-order valence-corrected chi connectivity index (χ4v) is 10.1. The van der Waals surface area contributed by atoms with Crippen LogP contribution in [0.5, 0.6) is 6.01 Å². The van der Waals surface area contributed by atoms with Crippen LogP contribution in [-0.2, 0) is 10.5 Å². The zero-order valence-corrected chi connectivity index (χ0v) is 27.1. The van der Waals surface area contributed by atoms with Crippen LogP contribution >= 0.6 is 23.1 Å². The molecule has 3 fully saturated rings. The average Bonchev–Trinajstić information content (AvgIpc) is 3.67. The van der Waals surface area contributed by atoms with E-state index >= 15 is 0 Å². The summed E-state index contributed by atoms with van der Waals surface area (Å²) in [7, 11) is 2.20. The number of hydrogen-bond acceptors (Lipinski definition) is 14. The number of ether oxygens (including phenoxy) is 1. The van der Waals surface area contributed by atoms with E-state index < -0.39 is 0 Å². The minimum atomic E-state index is -0.176. The Morgan fingerprint density at radius 1 is 1.23 bits per heavy atom. The van der Waals surface area contributed by atoms with E-state index in [9.17, 15) is 5.26 Å². The molecule has 1 spiro atoms. The Morgan fingerprint density at radius 2 is 2.07 bits per heavy atom. The Morgan fingerprint density at radius 3 is 2.84 bits per heavy atom. The number of pyridine rings is 1. The summed E-state index contributed by atoms with van der Waals surface area (Å²) in [4.78, 5) is 29.5.